The Bertz CT molecular complexity index is 805. The number of piperidine rings is 1. The van der Waals surface area contributed by atoms with Crippen molar-refractivity contribution in [3.8, 4) is 0 Å². The van der Waals surface area contributed by atoms with Crippen molar-refractivity contribution >= 4 is 17.6 Å². The van der Waals surface area contributed by atoms with Crippen LogP contribution in [0.1, 0.15) is 40.8 Å². The number of benzene rings is 1. The van der Waals surface area contributed by atoms with Gasteiger partial charge in [0.25, 0.3) is 5.91 Å². The van der Waals surface area contributed by atoms with Crippen LogP contribution in [0.3, 0.4) is 0 Å². The second-order valence-electron chi connectivity index (χ2n) is 6.71. The zero-order chi connectivity index (χ0) is 19.9. The molecule has 0 bridgehead atoms. The Labute approximate surface area is 163 Å². The smallest absolute Gasteiger partial charge is 0.321 e. The SMILES string of the molecule is COCCNC(=O)c1ccc(NC(=O)N2CCCC(c3noc(C)n3)C2)cc1. The van der Waals surface area contributed by atoms with Gasteiger partial charge < -0.3 is 24.8 Å². The first-order valence-corrected chi connectivity index (χ1v) is 9.30. The molecule has 1 aliphatic heterocycles. The first kappa shape index (κ1) is 19.8. The number of methoxy groups -OCH3 is 1. The molecule has 9 nitrogen and oxygen atoms in total. The monoisotopic (exact) mass is 387 g/mol. The van der Waals surface area contributed by atoms with Crippen molar-refractivity contribution < 1.29 is 18.8 Å². The van der Waals surface area contributed by atoms with E-state index in [1.807, 2.05) is 0 Å². The van der Waals surface area contributed by atoms with Crippen molar-refractivity contribution in [1.82, 2.24) is 20.4 Å². The lowest BCUT2D eigenvalue weighted by Gasteiger charge is -2.31. The van der Waals surface area contributed by atoms with E-state index in [1.165, 1.54) is 0 Å². The second kappa shape index (κ2) is 9.32. The Balaban J connectivity index is 1.54. The van der Waals surface area contributed by atoms with Crippen molar-refractivity contribution in [1.29, 1.82) is 0 Å². The van der Waals surface area contributed by atoms with Gasteiger partial charge in [0.05, 0.1) is 6.61 Å². The number of likely N-dealkylation sites (tertiary alicyclic amines) is 1. The lowest BCUT2D eigenvalue weighted by Crippen LogP contribution is -2.41. The number of nitrogens with one attached hydrogen (secondary N) is 2. The van der Waals surface area contributed by atoms with Gasteiger partial charge in [-0.1, -0.05) is 5.16 Å². The van der Waals surface area contributed by atoms with Crippen LogP contribution in [-0.2, 0) is 4.74 Å². The van der Waals surface area contributed by atoms with Gasteiger partial charge >= 0.3 is 6.03 Å². The zero-order valence-corrected chi connectivity index (χ0v) is 16.1. The maximum absolute atomic E-state index is 12.6. The summed E-state index contributed by atoms with van der Waals surface area (Å²) in [6.45, 7) is 3.89. The van der Waals surface area contributed by atoms with Crippen molar-refractivity contribution in [3.63, 3.8) is 0 Å². The number of hydrogen-bond donors (Lipinski definition) is 2. The van der Waals surface area contributed by atoms with Gasteiger partial charge in [0.2, 0.25) is 5.89 Å². The van der Waals surface area contributed by atoms with Gasteiger partial charge in [-0.25, -0.2) is 4.79 Å². The summed E-state index contributed by atoms with van der Waals surface area (Å²) in [7, 11) is 1.58. The third-order valence-corrected chi connectivity index (χ3v) is 4.61. The highest BCUT2D eigenvalue weighted by Gasteiger charge is 2.27. The molecule has 28 heavy (non-hydrogen) atoms. The van der Waals surface area contributed by atoms with E-state index in [0.717, 1.165) is 12.8 Å². The summed E-state index contributed by atoms with van der Waals surface area (Å²) in [5.74, 6) is 1.08. The Morgan fingerprint density at radius 1 is 1.32 bits per heavy atom. The van der Waals surface area contributed by atoms with Crippen LogP contribution in [0, 0.1) is 6.92 Å². The molecular formula is C19H25N5O4. The van der Waals surface area contributed by atoms with Crippen LogP contribution in [0.5, 0.6) is 0 Å². The Kier molecular flexibility index (Phi) is 6.59. The number of amides is 3. The van der Waals surface area contributed by atoms with Crippen molar-refractivity contribution in [2.45, 2.75) is 25.7 Å². The number of aryl methyl sites for hydroxylation is 1. The fraction of sp³-hybridized carbons (Fsp3) is 0.474. The number of carbonyl (C=O) groups excluding carboxylic acids is 2. The van der Waals surface area contributed by atoms with E-state index < -0.39 is 0 Å². The molecule has 1 saturated heterocycles. The minimum Gasteiger partial charge on any atom is -0.383 e. The third kappa shape index (κ3) is 5.07. The highest BCUT2D eigenvalue weighted by atomic mass is 16.5. The highest BCUT2D eigenvalue weighted by Crippen LogP contribution is 2.25. The summed E-state index contributed by atoms with van der Waals surface area (Å²) in [4.78, 5) is 30.6. The van der Waals surface area contributed by atoms with Gasteiger partial charge in [0.15, 0.2) is 5.82 Å². The molecule has 2 heterocycles. The van der Waals surface area contributed by atoms with E-state index in [-0.39, 0.29) is 17.9 Å². The molecule has 1 aliphatic rings. The number of anilines is 1. The largest absolute Gasteiger partial charge is 0.383 e. The van der Waals surface area contributed by atoms with Crippen molar-refractivity contribution in [3.05, 3.63) is 41.5 Å². The molecule has 2 N–H and O–H groups in total. The summed E-state index contributed by atoms with van der Waals surface area (Å²) in [6.07, 6.45) is 1.81. The normalized spacial score (nSPS) is 16.6. The van der Waals surface area contributed by atoms with E-state index >= 15 is 0 Å². The van der Waals surface area contributed by atoms with Crippen molar-refractivity contribution in [2.75, 3.05) is 38.7 Å². The topological polar surface area (TPSA) is 110 Å². The molecule has 0 spiro atoms. The zero-order valence-electron chi connectivity index (χ0n) is 16.1. The second-order valence-corrected chi connectivity index (χ2v) is 6.71. The minimum absolute atomic E-state index is 0.0788. The summed E-state index contributed by atoms with van der Waals surface area (Å²) in [6, 6.07) is 6.61. The van der Waals surface area contributed by atoms with Crippen LogP contribution in [0.15, 0.2) is 28.8 Å². The number of rotatable bonds is 6. The number of nitrogens with zero attached hydrogens (tertiary/aromatic N) is 3. The molecule has 0 radical (unpaired) electrons. The van der Waals surface area contributed by atoms with Crippen LogP contribution in [0.4, 0.5) is 10.5 Å². The van der Waals surface area contributed by atoms with Crippen LogP contribution in [-0.4, -0.2) is 60.3 Å². The standard InChI is InChI=1S/C19H25N5O4/c1-13-21-17(23-28-13)15-4-3-10-24(12-15)19(26)22-16-7-5-14(6-8-16)18(25)20-9-11-27-2/h5-8,15H,3-4,9-12H2,1-2H3,(H,20,25)(H,22,26). The van der Waals surface area contributed by atoms with E-state index in [0.29, 0.717) is 49.2 Å². The number of ether oxygens (including phenoxy) is 1. The molecule has 9 heteroatoms. The van der Waals surface area contributed by atoms with Crippen LogP contribution in [0.25, 0.3) is 0 Å². The average molecular weight is 387 g/mol. The summed E-state index contributed by atoms with van der Waals surface area (Å²) in [5.41, 5.74) is 1.16. The Morgan fingerprint density at radius 3 is 2.79 bits per heavy atom. The number of urea groups is 1. The van der Waals surface area contributed by atoms with Gasteiger partial charge in [0, 0.05) is 50.8 Å². The lowest BCUT2D eigenvalue weighted by molar-refractivity contribution is 0.0937. The third-order valence-electron chi connectivity index (χ3n) is 4.61. The van der Waals surface area contributed by atoms with E-state index in [1.54, 1.807) is 43.2 Å². The first-order chi connectivity index (χ1) is 13.6. The molecule has 0 aliphatic carbocycles. The molecule has 0 saturated carbocycles. The predicted octanol–water partition coefficient (Wildman–Crippen LogP) is 2.17. The molecular weight excluding hydrogens is 362 g/mol. The Morgan fingerprint density at radius 2 is 2.11 bits per heavy atom. The molecule has 2 aromatic rings. The van der Waals surface area contributed by atoms with Gasteiger partial charge in [0.1, 0.15) is 0 Å². The predicted molar refractivity (Wildman–Crippen MR) is 102 cm³/mol. The Hall–Kier alpha value is -2.94. The fourth-order valence-electron chi connectivity index (χ4n) is 3.13. The number of carbonyl (C=O) groups is 2. The maximum atomic E-state index is 12.6. The average Bonchev–Trinajstić information content (AvgIpc) is 3.15. The van der Waals surface area contributed by atoms with E-state index in [9.17, 15) is 9.59 Å². The lowest BCUT2D eigenvalue weighted by atomic mass is 9.98. The maximum Gasteiger partial charge on any atom is 0.321 e. The molecule has 3 amide bonds. The van der Waals surface area contributed by atoms with Crippen LogP contribution in [0.2, 0.25) is 0 Å². The number of hydrogen-bond acceptors (Lipinski definition) is 6. The fourth-order valence-corrected chi connectivity index (χ4v) is 3.13. The van der Waals surface area contributed by atoms with E-state index in [2.05, 4.69) is 20.8 Å². The van der Waals surface area contributed by atoms with E-state index in [4.69, 9.17) is 9.26 Å². The minimum atomic E-state index is -0.179. The molecule has 3 rings (SSSR count). The number of aromatic nitrogens is 2. The van der Waals surface area contributed by atoms with Crippen LogP contribution >= 0.6 is 0 Å². The van der Waals surface area contributed by atoms with Crippen molar-refractivity contribution in [2.24, 2.45) is 0 Å². The molecule has 150 valence electrons. The quantitative estimate of drug-likeness (QED) is 0.735. The van der Waals surface area contributed by atoms with Gasteiger partial charge in [-0.15, -0.1) is 0 Å². The molecule has 1 atom stereocenters. The summed E-state index contributed by atoms with van der Waals surface area (Å²) < 4.78 is 9.96. The molecule has 1 fully saturated rings. The molecule has 1 unspecified atom stereocenters. The summed E-state index contributed by atoms with van der Waals surface area (Å²) in [5, 5.41) is 9.61. The highest BCUT2D eigenvalue weighted by molar-refractivity contribution is 5.95. The molecule has 1 aromatic heterocycles. The van der Waals surface area contributed by atoms with Crippen LogP contribution < -0.4 is 10.6 Å². The van der Waals surface area contributed by atoms with Gasteiger partial charge in [-0.05, 0) is 37.1 Å². The van der Waals surface area contributed by atoms with Gasteiger partial charge in [-0.3, -0.25) is 4.79 Å². The molecule has 1 aromatic carbocycles. The summed E-state index contributed by atoms with van der Waals surface area (Å²) >= 11 is 0. The first-order valence-electron chi connectivity index (χ1n) is 9.30. The van der Waals surface area contributed by atoms with Gasteiger partial charge in [-0.2, -0.15) is 4.98 Å².